The summed E-state index contributed by atoms with van der Waals surface area (Å²) in [4.78, 5) is 11.8. The van der Waals surface area contributed by atoms with Crippen LogP contribution in [-0.4, -0.2) is 31.3 Å². The van der Waals surface area contributed by atoms with Crippen LogP contribution in [0.3, 0.4) is 0 Å². The smallest absolute Gasteiger partial charge is 0.326 e. The Bertz CT molecular complexity index is 350. The first kappa shape index (κ1) is 14.1. The number of rotatable bonds is 6. The molecule has 0 saturated heterocycles. The van der Waals surface area contributed by atoms with Crippen molar-refractivity contribution in [1.29, 1.82) is 0 Å². The van der Waals surface area contributed by atoms with E-state index < -0.39 is 12.0 Å². The Hall–Kier alpha value is 0.0500. The van der Waals surface area contributed by atoms with Gasteiger partial charge in [-0.15, -0.1) is 11.3 Å². The van der Waals surface area contributed by atoms with E-state index in [0.717, 1.165) is 13.1 Å². The molecular formula is C9H11Br2NO3S. The second-order valence-electron chi connectivity index (χ2n) is 2.99. The molecule has 0 radical (unpaired) electrons. The number of carbonyl (C=O) groups is 1. The number of nitrogens with one attached hydrogen (secondary N) is 1. The Morgan fingerprint density at radius 1 is 1.69 bits per heavy atom. The molecule has 2 N–H and O–H groups in total. The number of carboxylic acids is 1. The van der Waals surface area contributed by atoms with E-state index in [1.54, 1.807) is 13.2 Å². The molecule has 0 fully saturated rings. The number of hydrogen-bond donors (Lipinski definition) is 2. The molecule has 90 valence electrons. The molecule has 16 heavy (non-hydrogen) atoms. The zero-order chi connectivity index (χ0) is 12.1. The van der Waals surface area contributed by atoms with Crippen LogP contribution in [0.25, 0.3) is 0 Å². The highest BCUT2D eigenvalue weighted by atomic mass is 79.9. The van der Waals surface area contributed by atoms with Gasteiger partial charge in [0.25, 0.3) is 0 Å². The number of thiophene rings is 1. The van der Waals surface area contributed by atoms with Crippen molar-refractivity contribution in [2.75, 3.05) is 20.3 Å². The SMILES string of the molecule is COCCNC(C(=O)O)c1cc(Br)c(Br)s1. The number of halogens is 2. The Morgan fingerprint density at radius 2 is 2.38 bits per heavy atom. The monoisotopic (exact) mass is 371 g/mol. The van der Waals surface area contributed by atoms with Gasteiger partial charge < -0.3 is 9.84 Å². The van der Waals surface area contributed by atoms with Crippen LogP contribution in [0.4, 0.5) is 0 Å². The molecule has 1 aromatic rings. The van der Waals surface area contributed by atoms with Crippen molar-refractivity contribution in [3.63, 3.8) is 0 Å². The largest absolute Gasteiger partial charge is 0.480 e. The van der Waals surface area contributed by atoms with Crippen LogP contribution in [0.2, 0.25) is 0 Å². The lowest BCUT2D eigenvalue weighted by Gasteiger charge is -2.11. The Labute approximate surface area is 114 Å². The molecule has 0 saturated carbocycles. The maximum absolute atomic E-state index is 11.1. The molecule has 1 atom stereocenters. The van der Waals surface area contributed by atoms with Gasteiger partial charge in [-0.1, -0.05) is 0 Å². The highest BCUT2D eigenvalue weighted by Gasteiger charge is 2.22. The van der Waals surface area contributed by atoms with Gasteiger partial charge in [0.2, 0.25) is 0 Å². The van der Waals surface area contributed by atoms with E-state index in [2.05, 4.69) is 37.2 Å². The normalized spacial score (nSPS) is 12.7. The summed E-state index contributed by atoms with van der Waals surface area (Å²) in [5.74, 6) is -0.891. The third-order valence-electron chi connectivity index (χ3n) is 1.85. The Morgan fingerprint density at radius 3 is 2.81 bits per heavy atom. The lowest BCUT2D eigenvalue weighted by molar-refractivity contribution is -0.139. The van der Waals surface area contributed by atoms with Crippen LogP contribution in [0.5, 0.6) is 0 Å². The standard InChI is InChI=1S/C9H11Br2NO3S/c1-15-3-2-12-7(9(13)14)6-4-5(10)8(11)16-6/h4,7,12H,2-3H2,1H3,(H,13,14). The molecule has 1 heterocycles. The van der Waals surface area contributed by atoms with Crippen molar-refractivity contribution in [3.8, 4) is 0 Å². The number of ether oxygens (including phenoxy) is 1. The molecule has 0 aliphatic heterocycles. The number of hydrogen-bond acceptors (Lipinski definition) is 4. The molecule has 0 aromatic carbocycles. The summed E-state index contributed by atoms with van der Waals surface area (Å²) in [6.45, 7) is 0.984. The fraction of sp³-hybridized carbons (Fsp3) is 0.444. The number of methoxy groups -OCH3 is 1. The minimum Gasteiger partial charge on any atom is -0.480 e. The summed E-state index contributed by atoms with van der Waals surface area (Å²) in [5.41, 5.74) is 0. The maximum Gasteiger partial charge on any atom is 0.326 e. The minimum absolute atomic E-state index is 0.484. The quantitative estimate of drug-likeness (QED) is 0.753. The average molecular weight is 373 g/mol. The summed E-state index contributed by atoms with van der Waals surface area (Å²) >= 11 is 8.07. The van der Waals surface area contributed by atoms with Gasteiger partial charge in [0.15, 0.2) is 0 Å². The van der Waals surface area contributed by atoms with Crippen molar-refractivity contribution in [2.45, 2.75) is 6.04 Å². The van der Waals surface area contributed by atoms with Gasteiger partial charge >= 0.3 is 5.97 Å². The summed E-state index contributed by atoms with van der Waals surface area (Å²) in [6.07, 6.45) is 0. The summed E-state index contributed by atoms with van der Waals surface area (Å²) in [7, 11) is 1.58. The summed E-state index contributed by atoms with van der Waals surface area (Å²) < 4.78 is 6.63. The lowest BCUT2D eigenvalue weighted by Crippen LogP contribution is -2.30. The van der Waals surface area contributed by atoms with Crippen LogP contribution in [0.1, 0.15) is 10.9 Å². The van der Waals surface area contributed by atoms with Gasteiger partial charge in [0.1, 0.15) is 6.04 Å². The highest BCUT2D eigenvalue weighted by Crippen LogP contribution is 2.35. The van der Waals surface area contributed by atoms with Crippen LogP contribution in [-0.2, 0) is 9.53 Å². The van der Waals surface area contributed by atoms with E-state index in [1.807, 2.05) is 0 Å². The van der Waals surface area contributed by atoms with Crippen LogP contribution < -0.4 is 5.32 Å². The van der Waals surface area contributed by atoms with Crippen LogP contribution in [0, 0.1) is 0 Å². The van der Waals surface area contributed by atoms with Crippen LogP contribution >= 0.6 is 43.2 Å². The molecule has 1 rings (SSSR count). The molecule has 7 heteroatoms. The molecule has 0 spiro atoms. The van der Waals surface area contributed by atoms with Crippen molar-refractivity contribution in [1.82, 2.24) is 5.32 Å². The Kier molecular flexibility index (Phi) is 5.91. The van der Waals surface area contributed by atoms with E-state index in [-0.39, 0.29) is 0 Å². The summed E-state index contributed by atoms with van der Waals surface area (Å²) in [6, 6.07) is 1.11. The Balaban J connectivity index is 2.73. The second kappa shape index (κ2) is 6.70. The van der Waals surface area contributed by atoms with E-state index in [1.165, 1.54) is 11.3 Å². The second-order valence-corrected chi connectivity index (χ2v) is 6.24. The van der Waals surface area contributed by atoms with Gasteiger partial charge in [0.05, 0.1) is 10.4 Å². The molecule has 1 aromatic heterocycles. The fourth-order valence-corrected chi connectivity index (χ4v) is 3.28. The lowest BCUT2D eigenvalue weighted by atomic mass is 10.2. The number of aliphatic carboxylic acids is 1. The van der Waals surface area contributed by atoms with E-state index in [0.29, 0.717) is 13.2 Å². The first-order chi connectivity index (χ1) is 7.56. The molecule has 4 nitrogen and oxygen atoms in total. The maximum atomic E-state index is 11.1. The molecule has 1 unspecified atom stereocenters. The third-order valence-corrected chi connectivity index (χ3v) is 5.17. The van der Waals surface area contributed by atoms with Crippen molar-refractivity contribution in [2.24, 2.45) is 0 Å². The number of carboxylic acid groups (broad SMARTS) is 1. The van der Waals surface area contributed by atoms with E-state index in [4.69, 9.17) is 9.84 Å². The van der Waals surface area contributed by atoms with Gasteiger partial charge in [0, 0.05) is 23.0 Å². The van der Waals surface area contributed by atoms with E-state index in [9.17, 15) is 4.79 Å². The predicted octanol–water partition coefficient (Wildman–Crippen LogP) is 2.63. The molecule has 0 aliphatic carbocycles. The van der Waals surface area contributed by atoms with Gasteiger partial charge in [-0.2, -0.15) is 0 Å². The van der Waals surface area contributed by atoms with Crippen molar-refractivity contribution >= 4 is 49.2 Å². The third kappa shape index (κ3) is 3.81. The molecule has 0 bridgehead atoms. The van der Waals surface area contributed by atoms with Crippen LogP contribution in [0.15, 0.2) is 14.3 Å². The van der Waals surface area contributed by atoms with E-state index >= 15 is 0 Å². The molecule has 0 amide bonds. The molecule has 0 aliphatic rings. The average Bonchev–Trinajstić information content (AvgIpc) is 2.53. The topological polar surface area (TPSA) is 58.6 Å². The van der Waals surface area contributed by atoms with Gasteiger partial charge in [-0.3, -0.25) is 10.1 Å². The van der Waals surface area contributed by atoms with Gasteiger partial charge in [-0.05, 0) is 37.9 Å². The van der Waals surface area contributed by atoms with Gasteiger partial charge in [-0.25, -0.2) is 0 Å². The minimum atomic E-state index is -0.891. The van der Waals surface area contributed by atoms with Crippen molar-refractivity contribution < 1.29 is 14.6 Å². The zero-order valence-electron chi connectivity index (χ0n) is 8.50. The zero-order valence-corrected chi connectivity index (χ0v) is 12.5. The summed E-state index contributed by atoms with van der Waals surface area (Å²) in [5, 5.41) is 12.0. The highest BCUT2D eigenvalue weighted by molar-refractivity contribution is 9.13. The molecular weight excluding hydrogens is 362 g/mol. The predicted molar refractivity (Wildman–Crippen MR) is 70.0 cm³/mol. The fourth-order valence-electron chi connectivity index (χ4n) is 1.12. The first-order valence-corrected chi connectivity index (χ1v) is 6.86. The first-order valence-electron chi connectivity index (χ1n) is 4.46. The van der Waals surface area contributed by atoms with Crippen molar-refractivity contribution in [3.05, 3.63) is 19.2 Å².